The van der Waals surface area contributed by atoms with Crippen LogP contribution in [0.5, 0.6) is 5.88 Å². The SMILES string of the molecule is CCN(CC)C(N)=NCCOc1ncc(C(F)(F)F)cc1Cl. The van der Waals surface area contributed by atoms with Gasteiger partial charge in [-0.05, 0) is 19.9 Å². The summed E-state index contributed by atoms with van der Waals surface area (Å²) in [6.07, 6.45) is -3.81. The van der Waals surface area contributed by atoms with Crippen molar-refractivity contribution in [2.45, 2.75) is 20.0 Å². The lowest BCUT2D eigenvalue weighted by molar-refractivity contribution is -0.137. The summed E-state index contributed by atoms with van der Waals surface area (Å²) in [5, 5.41) is -0.199. The second-order valence-corrected chi connectivity index (χ2v) is 4.68. The third-order valence-electron chi connectivity index (χ3n) is 2.83. The molecule has 0 bridgehead atoms. The number of halogens is 4. The molecule has 1 heterocycles. The third kappa shape index (κ3) is 5.25. The molecule has 0 saturated heterocycles. The largest absolute Gasteiger partial charge is 0.475 e. The minimum atomic E-state index is -4.49. The summed E-state index contributed by atoms with van der Waals surface area (Å²) in [7, 11) is 0. The second kappa shape index (κ2) is 8.07. The van der Waals surface area contributed by atoms with E-state index in [9.17, 15) is 13.2 Å². The minimum absolute atomic E-state index is 0.0636. The van der Waals surface area contributed by atoms with Gasteiger partial charge in [-0.1, -0.05) is 11.6 Å². The van der Waals surface area contributed by atoms with Gasteiger partial charge in [-0.15, -0.1) is 0 Å². The zero-order valence-corrected chi connectivity index (χ0v) is 13.1. The lowest BCUT2D eigenvalue weighted by atomic mass is 10.3. The minimum Gasteiger partial charge on any atom is -0.475 e. The fourth-order valence-electron chi connectivity index (χ4n) is 1.64. The molecule has 0 aromatic carbocycles. The normalized spacial score (nSPS) is 12.4. The van der Waals surface area contributed by atoms with Crippen molar-refractivity contribution >= 4 is 17.6 Å². The Labute approximate surface area is 131 Å². The number of alkyl halides is 3. The molecule has 22 heavy (non-hydrogen) atoms. The highest BCUT2D eigenvalue weighted by atomic mass is 35.5. The molecule has 1 aromatic heterocycles. The van der Waals surface area contributed by atoms with Crippen LogP contribution in [0, 0.1) is 0 Å². The second-order valence-electron chi connectivity index (χ2n) is 4.27. The van der Waals surface area contributed by atoms with Crippen LogP contribution >= 0.6 is 11.6 Å². The molecule has 0 saturated carbocycles. The van der Waals surface area contributed by atoms with E-state index < -0.39 is 11.7 Å². The van der Waals surface area contributed by atoms with E-state index in [1.807, 2.05) is 18.7 Å². The molecule has 1 rings (SSSR count). The van der Waals surface area contributed by atoms with Crippen LogP contribution in [0.1, 0.15) is 19.4 Å². The molecule has 0 amide bonds. The molecular formula is C13H18ClF3N4O. The van der Waals surface area contributed by atoms with E-state index in [4.69, 9.17) is 22.1 Å². The molecule has 0 aliphatic carbocycles. The average molecular weight is 339 g/mol. The van der Waals surface area contributed by atoms with Gasteiger partial charge in [0.15, 0.2) is 5.96 Å². The Morgan fingerprint density at radius 3 is 2.55 bits per heavy atom. The lowest BCUT2D eigenvalue weighted by Gasteiger charge is -2.19. The first-order chi connectivity index (χ1) is 10.3. The monoisotopic (exact) mass is 338 g/mol. The zero-order valence-electron chi connectivity index (χ0n) is 12.3. The van der Waals surface area contributed by atoms with Crippen molar-refractivity contribution in [3.8, 4) is 5.88 Å². The summed E-state index contributed by atoms with van der Waals surface area (Å²) < 4.78 is 42.6. The van der Waals surface area contributed by atoms with E-state index in [2.05, 4.69) is 9.98 Å². The van der Waals surface area contributed by atoms with Crippen LogP contribution in [-0.4, -0.2) is 42.1 Å². The van der Waals surface area contributed by atoms with Gasteiger partial charge >= 0.3 is 6.18 Å². The Morgan fingerprint density at radius 2 is 2.05 bits per heavy atom. The molecule has 5 nitrogen and oxygen atoms in total. The average Bonchev–Trinajstić information content (AvgIpc) is 2.45. The molecule has 0 unspecified atom stereocenters. The molecule has 2 N–H and O–H groups in total. The number of hydrogen-bond acceptors (Lipinski definition) is 3. The van der Waals surface area contributed by atoms with E-state index in [0.717, 1.165) is 19.2 Å². The van der Waals surface area contributed by atoms with Crippen LogP contribution in [0.4, 0.5) is 13.2 Å². The van der Waals surface area contributed by atoms with Gasteiger partial charge in [0.2, 0.25) is 5.88 Å². The number of rotatable bonds is 6. The predicted molar refractivity (Wildman–Crippen MR) is 79.2 cm³/mol. The van der Waals surface area contributed by atoms with Crippen molar-refractivity contribution < 1.29 is 17.9 Å². The van der Waals surface area contributed by atoms with Crippen LogP contribution in [-0.2, 0) is 6.18 Å². The van der Waals surface area contributed by atoms with Crippen LogP contribution in [0.15, 0.2) is 17.3 Å². The van der Waals surface area contributed by atoms with Gasteiger partial charge in [-0.2, -0.15) is 13.2 Å². The predicted octanol–water partition coefficient (Wildman–Crippen LogP) is 2.79. The van der Waals surface area contributed by atoms with Gasteiger partial charge in [-0.25, -0.2) is 9.98 Å². The Kier molecular flexibility index (Phi) is 6.73. The molecule has 0 fully saturated rings. The van der Waals surface area contributed by atoms with E-state index in [0.29, 0.717) is 12.2 Å². The molecule has 0 spiro atoms. The van der Waals surface area contributed by atoms with Gasteiger partial charge in [0, 0.05) is 19.3 Å². The van der Waals surface area contributed by atoms with E-state index in [1.54, 1.807) is 0 Å². The third-order valence-corrected chi connectivity index (χ3v) is 3.10. The Morgan fingerprint density at radius 1 is 1.41 bits per heavy atom. The van der Waals surface area contributed by atoms with E-state index in [-0.39, 0.29) is 24.1 Å². The Balaban J connectivity index is 2.57. The number of aliphatic imine (C=N–C) groups is 1. The van der Waals surface area contributed by atoms with Crippen LogP contribution in [0.25, 0.3) is 0 Å². The number of nitrogens with two attached hydrogens (primary N) is 1. The molecule has 124 valence electrons. The van der Waals surface area contributed by atoms with Crippen molar-refractivity contribution in [3.05, 3.63) is 22.8 Å². The topological polar surface area (TPSA) is 63.7 Å². The summed E-state index contributed by atoms with van der Waals surface area (Å²) >= 11 is 5.72. The van der Waals surface area contributed by atoms with Crippen molar-refractivity contribution in [2.75, 3.05) is 26.2 Å². The van der Waals surface area contributed by atoms with Crippen molar-refractivity contribution in [1.29, 1.82) is 0 Å². The fraction of sp³-hybridized carbons (Fsp3) is 0.538. The first-order valence-electron chi connectivity index (χ1n) is 6.70. The van der Waals surface area contributed by atoms with Crippen LogP contribution < -0.4 is 10.5 Å². The van der Waals surface area contributed by atoms with Gasteiger partial charge < -0.3 is 15.4 Å². The molecule has 0 radical (unpaired) electrons. The molecule has 0 aliphatic rings. The summed E-state index contributed by atoms with van der Waals surface area (Å²) in [6.45, 7) is 5.74. The van der Waals surface area contributed by atoms with E-state index in [1.165, 1.54) is 0 Å². The summed E-state index contributed by atoms with van der Waals surface area (Å²) in [5.74, 6) is 0.325. The van der Waals surface area contributed by atoms with Crippen molar-refractivity contribution in [1.82, 2.24) is 9.88 Å². The standard InChI is InChI=1S/C13H18ClF3N4O/c1-3-21(4-2)12(18)19-5-6-22-11-10(14)7-9(8-20-11)13(15,16)17/h7-8H,3-6H2,1-2H3,(H2,18,19). The smallest absolute Gasteiger partial charge is 0.417 e. The number of guanidine groups is 1. The molecular weight excluding hydrogens is 321 g/mol. The maximum atomic E-state index is 12.5. The summed E-state index contributed by atoms with van der Waals surface area (Å²) in [6, 6.07) is 0.775. The summed E-state index contributed by atoms with van der Waals surface area (Å²) in [5.41, 5.74) is 4.85. The highest BCUT2D eigenvalue weighted by Crippen LogP contribution is 2.32. The van der Waals surface area contributed by atoms with Gasteiger partial charge in [0.25, 0.3) is 0 Å². The maximum Gasteiger partial charge on any atom is 0.417 e. The number of aromatic nitrogens is 1. The number of ether oxygens (including phenoxy) is 1. The molecule has 0 aliphatic heterocycles. The van der Waals surface area contributed by atoms with Gasteiger partial charge in [0.1, 0.15) is 11.6 Å². The highest BCUT2D eigenvalue weighted by molar-refractivity contribution is 6.31. The van der Waals surface area contributed by atoms with Gasteiger partial charge in [-0.3, -0.25) is 0 Å². The fourth-order valence-corrected chi connectivity index (χ4v) is 1.86. The molecule has 1 aromatic rings. The quantitative estimate of drug-likeness (QED) is 0.492. The Hall–Kier alpha value is -1.70. The maximum absolute atomic E-state index is 12.5. The van der Waals surface area contributed by atoms with Gasteiger partial charge in [0.05, 0.1) is 12.1 Å². The molecule has 9 heteroatoms. The first-order valence-corrected chi connectivity index (χ1v) is 7.07. The number of pyridine rings is 1. The number of nitrogens with zero attached hydrogens (tertiary/aromatic N) is 3. The molecule has 0 atom stereocenters. The van der Waals surface area contributed by atoms with Crippen LogP contribution in [0.3, 0.4) is 0 Å². The van der Waals surface area contributed by atoms with Crippen LogP contribution in [0.2, 0.25) is 5.02 Å². The first kappa shape index (κ1) is 18.3. The summed E-state index contributed by atoms with van der Waals surface area (Å²) in [4.78, 5) is 9.54. The van der Waals surface area contributed by atoms with Crippen molar-refractivity contribution in [3.63, 3.8) is 0 Å². The zero-order chi connectivity index (χ0) is 16.8. The lowest BCUT2D eigenvalue weighted by Crippen LogP contribution is -2.37. The highest BCUT2D eigenvalue weighted by Gasteiger charge is 2.31. The van der Waals surface area contributed by atoms with Crippen molar-refractivity contribution in [2.24, 2.45) is 10.7 Å². The number of hydrogen-bond donors (Lipinski definition) is 1. The van der Waals surface area contributed by atoms with E-state index >= 15 is 0 Å². The Bertz CT molecular complexity index is 518.